The standard InChI is InChI=1S/C12H13NO2/c1-8-6-11(14-2)10-7-13-5-4-9(10)12(8)15-3/h4-7H,1-3H3. The molecular weight excluding hydrogens is 190 g/mol. The van der Waals surface area contributed by atoms with E-state index < -0.39 is 0 Å². The molecule has 0 saturated carbocycles. The highest BCUT2D eigenvalue weighted by Gasteiger charge is 2.09. The second kappa shape index (κ2) is 3.77. The Hall–Kier alpha value is -1.77. The van der Waals surface area contributed by atoms with Crippen molar-refractivity contribution in [2.75, 3.05) is 14.2 Å². The zero-order chi connectivity index (χ0) is 10.8. The molecule has 0 atom stereocenters. The lowest BCUT2D eigenvalue weighted by molar-refractivity contribution is 0.408. The largest absolute Gasteiger partial charge is 0.496 e. The van der Waals surface area contributed by atoms with E-state index in [4.69, 9.17) is 9.47 Å². The highest BCUT2D eigenvalue weighted by molar-refractivity contribution is 5.93. The van der Waals surface area contributed by atoms with Crippen LogP contribution < -0.4 is 9.47 Å². The third-order valence-corrected chi connectivity index (χ3v) is 2.46. The molecule has 2 rings (SSSR count). The van der Waals surface area contributed by atoms with Gasteiger partial charge in [-0.1, -0.05) is 0 Å². The van der Waals surface area contributed by atoms with E-state index in [0.29, 0.717) is 0 Å². The number of ether oxygens (including phenoxy) is 2. The molecule has 0 fully saturated rings. The van der Waals surface area contributed by atoms with E-state index in [2.05, 4.69) is 4.98 Å². The minimum atomic E-state index is 0.830. The molecule has 0 amide bonds. The van der Waals surface area contributed by atoms with Crippen LogP contribution in [0.5, 0.6) is 11.5 Å². The molecule has 3 heteroatoms. The quantitative estimate of drug-likeness (QED) is 0.751. The Morgan fingerprint density at radius 1 is 1.13 bits per heavy atom. The van der Waals surface area contributed by atoms with Crippen molar-refractivity contribution in [1.29, 1.82) is 0 Å². The molecule has 1 aromatic carbocycles. The van der Waals surface area contributed by atoms with Gasteiger partial charge in [-0.2, -0.15) is 0 Å². The summed E-state index contributed by atoms with van der Waals surface area (Å²) in [5.41, 5.74) is 1.06. The summed E-state index contributed by atoms with van der Waals surface area (Å²) in [6, 6.07) is 3.90. The summed E-state index contributed by atoms with van der Waals surface area (Å²) < 4.78 is 10.7. The van der Waals surface area contributed by atoms with Crippen LogP contribution in [0.2, 0.25) is 0 Å². The van der Waals surface area contributed by atoms with Gasteiger partial charge in [0.15, 0.2) is 0 Å². The third kappa shape index (κ3) is 1.50. The molecule has 0 bridgehead atoms. The second-order valence-electron chi connectivity index (χ2n) is 3.35. The van der Waals surface area contributed by atoms with Crippen molar-refractivity contribution in [3.05, 3.63) is 30.1 Å². The van der Waals surface area contributed by atoms with Crippen molar-refractivity contribution in [2.45, 2.75) is 6.92 Å². The van der Waals surface area contributed by atoms with Gasteiger partial charge in [-0.25, -0.2) is 0 Å². The number of aryl methyl sites for hydroxylation is 1. The molecule has 0 aliphatic heterocycles. The van der Waals surface area contributed by atoms with Crippen molar-refractivity contribution in [3.63, 3.8) is 0 Å². The summed E-state index contributed by atoms with van der Waals surface area (Å²) in [5, 5.41) is 2.01. The molecule has 3 nitrogen and oxygen atoms in total. The SMILES string of the molecule is COc1cc(C)c(OC)c2ccncc12. The fraction of sp³-hybridized carbons (Fsp3) is 0.250. The van der Waals surface area contributed by atoms with Crippen LogP contribution in [-0.4, -0.2) is 19.2 Å². The first kappa shape index (κ1) is 9.77. The molecule has 1 aromatic heterocycles. The van der Waals surface area contributed by atoms with Crippen LogP contribution in [0.1, 0.15) is 5.56 Å². The van der Waals surface area contributed by atoms with E-state index in [1.54, 1.807) is 26.6 Å². The van der Waals surface area contributed by atoms with Crippen LogP contribution in [0.15, 0.2) is 24.5 Å². The monoisotopic (exact) mass is 203 g/mol. The number of rotatable bonds is 2. The molecule has 15 heavy (non-hydrogen) atoms. The molecule has 0 spiro atoms. The lowest BCUT2D eigenvalue weighted by Gasteiger charge is -2.11. The minimum Gasteiger partial charge on any atom is -0.496 e. The topological polar surface area (TPSA) is 31.4 Å². The fourth-order valence-electron chi connectivity index (χ4n) is 1.78. The number of hydrogen-bond acceptors (Lipinski definition) is 3. The molecule has 0 saturated heterocycles. The molecular formula is C12H13NO2. The lowest BCUT2D eigenvalue weighted by Crippen LogP contribution is -1.93. The normalized spacial score (nSPS) is 10.3. The van der Waals surface area contributed by atoms with E-state index in [1.165, 1.54) is 0 Å². The van der Waals surface area contributed by atoms with Gasteiger partial charge in [0.25, 0.3) is 0 Å². The maximum atomic E-state index is 5.37. The van der Waals surface area contributed by atoms with E-state index in [9.17, 15) is 0 Å². The van der Waals surface area contributed by atoms with Gasteiger partial charge >= 0.3 is 0 Å². The summed E-state index contributed by atoms with van der Waals surface area (Å²) in [6.45, 7) is 2.00. The number of methoxy groups -OCH3 is 2. The zero-order valence-electron chi connectivity index (χ0n) is 9.07. The van der Waals surface area contributed by atoms with Crippen molar-refractivity contribution in [2.24, 2.45) is 0 Å². The maximum absolute atomic E-state index is 5.37. The van der Waals surface area contributed by atoms with Crippen molar-refractivity contribution < 1.29 is 9.47 Å². The van der Waals surface area contributed by atoms with Gasteiger partial charge in [-0.3, -0.25) is 4.98 Å². The van der Waals surface area contributed by atoms with E-state index in [1.807, 2.05) is 19.1 Å². The van der Waals surface area contributed by atoms with Gasteiger partial charge in [0.05, 0.1) is 14.2 Å². The van der Waals surface area contributed by atoms with Crippen LogP contribution in [0.4, 0.5) is 0 Å². The van der Waals surface area contributed by atoms with Gasteiger partial charge in [0.1, 0.15) is 11.5 Å². The summed E-state index contributed by atoms with van der Waals surface area (Å²) in [4.78, 5) is 4.09. The average Bonchev–Trinajstić information content (AvgIpc) is 2.28. The first-order chi connectivity index (χ1) is 7.27. The molecule has 2 aromatic rings. The van der Waals surface area contributed by atoms with Crippen LogP contribution in [0.25, 0.3) is 10.8 Å². The molecule has 0 aliphatic rings. The summed E-state index contributed by atoms with van der Waals surface area (Å²) in [5.74, 6) is 1.71. The van der Waals surface area contributed by atoms with Crippen LogP contribution in [0.3, 0.4) is 0 Å². The van der Waals surface area contributed by atoms with E-state index in [0.717, 1.165) is 27.8 Å². The molecule has 0 N–H and O–H groups in total. The zero-order valence-corrected chi connectivity index (χ0v) is 9.07. The first-order valence-corrected chi connectivity index (χ1v) is 4.73. The highest BCUT2D eigenvalue weighted by atomic mass is 16.5. The van der Waals surface area contributed by atoms with E-state index in [-0.39, 0.29) is 0 Å². The Balaban J connectivity index is 2.86. The maximum Gasteiger partial charge on any atom is 0.129 e. The fourth-order valence-corrected chi connectivity index (χ4v) is 1.78. The van der Waals surface area contributed by atoms with Crippen LogP contribution in [-0.2, 0) is 0 Å². The van der Waals surface area contributed by atoms with Gasteiger partial charge in [0, 0.05) is 23.2 Å². The smallest absolute Gasteiger partial charge is 0.129 e. The molecule has 0 aliphatic carbocycles. The average molecular weight is 203 g/mol. The number of aromatic nitrogens is 1. The predicted molar refractivity (Wildman–Crippen MR) is 59.6 cm³/mol. The van der Waals surface area contributed by atoms with Gasteiger partial charge < -0.3 is 9.47 Å². The summed E-state index contributed by atoms with van der Waals surface area (Å²) >= 11 is 0. The Morgan fingerprint density at radius 3 is 2.60 bits per heavy atom. The molecule has 0 unspecified atom stereocenters. The summed E-state index contributed by atoms with van der Waals surface area (Å²) in [6.07, 6.45) is 3.54. The number of pyridine rings is 1. The van der Waals surface area contributed by atoms with Gasteiger partial charge in [-0.05, 0) is 24.6 Å². The lowest BCUT2D eigenvalue weighted by atomic mass is 10.1. The van der Waals surface area contributed by atoms with Gasteiger partial charge in [0.2, 0.25) is 0 Å². The Kier molecular flexibility index (Phi) is 2.46. The highest BCUT2D eigenvalue weighted by Crippen LogP contribution is 2.35. The molecule has 78 valence electrons. The molecule has 1 heterocycles. The van der Waals surface area contributed by atoms with E-state index >= 15 is 0 Å². The third-order valence-electron chi connectivity index (χ3n) is 2.46. The number of hydrogen-bond donors (Lipinski definition) is 0. The minimum absolute atomic E-state index is 0.830. The van der Waals surface area contributed by atoms with Gasteiger partial charge in [-0.15, -0.1) is 0 Å². The Morgan fingerprint density at radius 2 is 1.93 bits per heavy atom. The first-order valence-electron chi connectivity index (χ1n) is 4.73. The molecule has 0 radical (unpaired) electrons. The number of nitrogens with zero attached hydrogens (tertiary/aromatic N) is 1. The number of benzene rings is 1. The second-order valence-corrected chi connectivity index (χ2v) is 3.35. The van der Waals surface area contributed by atoms with Crippen LogP contribution >= 0.6 is 0 Å². The Labute approximate surface area is 88.7 Å². The predicted octanol–water partition coefficient (Wildman–Crippen LogP) is 2.56. The summed E-state index contributed by atoms with van der Waals surface area (Å²) in [7, 11) is 3.34. The number of fused-ring (bicyclic) bond motifs is 1. The van der Waals surface area contributed by atoms with Crippen molar-refractivity contribution in [3.8, 4) is 11.5 Å². The van der Waals surface area contributed by atoms with Crippen LogP contribution in [0, 0.1) is 6.92 Å². The van der Waals surface area contributed by atoms with Crippen molar-refractivity contribution >= 4 is 10.8 Å². The Bertz CT molecular complexity index is 494. The van der Waals surface area contributed by atoms with Crippen molar-refractivity contribution in [1.82, 2.24) is 4.98 Å².